The van der Waals surface area contributed by atoms with E-state index in [1.807, 2.05) is 37.4 Å². The van der Waals surface area contributed by atoms with Crippen molar-refractivity contribution >= 4 is 5.69 Å². The van der Waals surface area contributed by atoms with Gasteiger partial charge in [0.05, 0.1) is 12.8 Å². The molecule has 0 spiro atoms. The summed E-state index contributed by atoms with van der Waals surface area (Å²) in [5, 5.41) is 19.2. The number of aromatic amines is 1. The summed E-state index contributed by atoms with van der Waals surface area (Å²) in [7, 11) is 0. The highest BCUT2D eigenvalue weighted by Gasteiger charge is 2.00. The quantitative estimate of drug-likeness (QED) is 0.732. The summed E-state index contributed by atoms with van der Waals surface area (Å²) in [6.45, 7) is 2.80. The van der Waals surface area contributed by atoms with Gasteiger partial charge in [0, 0.05) is 23.5 Å². The van der Waals surface area contributed by atoms with E-state index in [4.69, 9.17) is 5.11 Å². The minimum atomic E-state index is 0.0697. The van der Waals surface area contributed by atoms with Crippen LogP contribution in [0.15, 0.2) is 30.5 Å². The first kappa shape index (κ1) is 10.7. The number of H-pyrrole nitrogens is 1. The van der Waals surface area contributed by atoms with Gasteiger partial charge in [-0.2, -0.15) is 5.10 Å². The zero-order valence-corrected chi connectivity index (χ0v) is 9.20. The predicted molar refractivity (Wildman–Crippen MR) is 63.0 cm³/mol. The molecule has 0 saturated carbocycles. The molecule has 2 aromatic rings. The number of aryl methyl sites for hydroxylation is 1. The van der Waals surface area contributed by atoms with Gasteiger partial charge in [0.1, 0.15) is 0 Å². The Morgan fingerprint density at radius 2 is 2.31 bits per heavy atom. The van der Waals surface area contributed by atoms with Crippen LogP contribution in [0.4, 0.5) is 5.69 Å². The van der Waals surface area contributed by atoms with Crippen molar-refractivity contribution in [3.8, 4) is 0 Å². The van der Waals surface area contributed by atoms with Crippen molar-refractivity contribution in [2.45, 2.75) is 20.1 Å². The molecule has 1 heterocycles. The largest absolute Gasteiger partial charge is 0.392 e. The zero-order valence-electron chi connectivity index (χ0n) is 9.20. The first-order chi connectivity index (χ1) is 7.79. The molecule has 0 aliphatic heterocycles. The lowest BCUT2D eigenvalue weighted by molar-refractivity contribution is 0.282. The monoisotopic (exact) mass is 217 g/mol. The Hall–Kier alpha value is -1.81. The average Bonchev–Trinajstić information content (AvgIpc) is 2.72. The zero-order chi connectivity index (χ0) is 11.4. The Balaban J connectivity index is 2.02. The van der Waals surface area contributed by atoms with Crippen molar-refractivity contribution in [1.29, 1.82) is 0 Å². The summed E-state index contributed by atoms with van der Waals surface area (Å²) in [5.74, 6) is 0. The molecule has 4 heteroatoms. The Morgan fingerprint density at radius 3 is 3.00 bits per heavy atom. The van der Waals surface area contributed by atoms with E-state index in [-0.39, 0.29) is 6.61 Å². The number of aliphatic hydroxyl groups excluding tert-OH is 1. The highest BCUT2D eigenvalue weighted by molar-refractivity contribution is 5.46. The smallest absolute Gasteiger partial charge is 0.0682 e. The summed E-state index contributed by atoms with van der Waals surface area (Å²) < 4.78 is 0. The van der Waals surface area contributed by atoms with E-state index in [0.29, 0.717) is 0 Å². The van der Waals surface area contributed by atoms with Crippen molar-refractivity contribution < 1.29 is 5.11 Å². The molecule has 4 nitrogen and oxygen atoms in total. The number of hydrogen-bond acceptors (Lipinski definition) is 3. The number of rotatable bonds is 4. The van der Waals surface area contributed by atoms with Gasteiger partial charge in [-0.3, -0.25) is 5.10 Å². The minimum absolute atomic E-state index is 0.0697. The molecule has 0 aliphatic carbocycles. The van der Waals surface area contributed by atoms with E-state index in [1.165, 1.54) is 0 Å². The highest BCUT2D eigenvalue weighted by atomic mass is 16.3. The van der Waals surface area contributed by atoms with Gasteiger partial charge in [-0.05, 0) is 24.6 Å². The highest BCUT2D eigenvalue weighted by Crippen LogP contribution is 2.12. The second-order valence-corrected chi connectivity index (χ2v) is 3.73. The fourth-order valence-electron chi connectivity index (χ4n) is 1.53. The van der Waals surface area contributed by atoms with Crippen LogP contribution in [0.5, 0.6) is 0 Å². The van der Waals surface area contributed by atoms with E-state index in [2.05, 4.69) is 15.5 Å². The third-order valence-electron chi connectivity index (χ3n) is 2.53. The standard InChI is InChI=1S/C12H15N3O/c1-9-11(7-14-15-9)6-13-12-4-2-3-10(5-12)8-16/h2-5,7,13,16H,6,8H2,1H3,(H,14,15). The summed E-state index contributed by atoms with van der Waals surface area (Å²) in [6, 6.07) is 7.74. The molecule has 0 fully saturated rings. The first-order valence-corrected chi connectivity index (χ1v) is 5.22. The van der Waals surface area contributed by atoms with Crippen LogP contribution in [0.2, 0.25) is 0 Å². The molecule has 0 aliphatic rings. The third-order valence-corrected chi connectivity index (χ3v) is 2.53. The van der Waals surface area contributed by atoms with E-state index in [0.717, 1.165) is 29.1 Å². The Kier molecular flexibility index (Phi) is 3.22. The van der Waals surface area contributed by atoms with Gasteiger partial charge < -0.3 is 10.4 Å². The third kappa shape index (κ3) is 2.41. The predicted octanol–water partition coefficient (Wildman–Crippen LogP) is 1.82. The van der Waals surface area contributed by atoms with Crippen LogP contribution in [0.3, 0.4) is 0 Å². The topological polar surface area (TPSA) is 60.9 Å². The van der Waals surface area contributed by atoms with Gasteiger partial charge in [-0.25, -0.2) is 0 Å². The molecular formula is C12H15N3O. The number of benzene rings is 1. The lowest BCUT2D eigenvalue weighted by Crippen LogP contribution is -2.00. The van der Waals surface area contributed by atoms with Crippen molar-refractivity contribution in [2.24, 2.45) is 0 Å². The number of aliphatic hydroxyl groups is 1. The van der Waals surface area contributed by atoms with Gasteiger partial charge in [0.25, 0.3) is 0 Å². The normalized spacial score (nSPS) is 10.4. The fourth-order valence-corrected chi connectivity index (χ4v) is 1.53. The van der Waals surface area contributed by atoms with E-state index >= 15 is 0 Å². The minimum Gasteiger partial charge on any atom is -0.392 e. The van der Waals surface area contributed by atoms with E-state index in [9.17, 15) is 0 Å². The molecule has 84 valence electrons. The molecule has 2 rings (SSSR count). The Morgan fingerprint density at radius 1 is 1.44 bits per heavy atom. The van der Waals surface area contributed by atoms with Crippen LogP contribution in [-0.4, -0.2) is 15.3 Å². The summed E-state index contributed by atoms with van der Waals surface area (Å²) in [6.07, 6.45) is 1.82. The molecule has 0 bridgehead atoms. The number of aromatic nitrogens is 2. The molecule has 3 N–H and O–H groups in total. The molecule has 0 saturated heterocycles. The summed E-state index contributed by atoms with van der Waals surface area (Å²) in [5.41, 5.74) is 4.14. The van der Waals surface area contributed by atoms with Crippen molar-refractivity contribution in [3.05, 3.63) is 47.3 Å². The molecule has 0 radical (unpaired) electrons. The molecule has 16 heavy (non-hydrogen) atoms. The number of hydrogen-bond donors (Lipinski definition) is 3. The fraction of sp³-hybridized carbons (Fsp3) is 0.250. The molecule has 1 aromatic carbocycles. The van der Waals surface area contributed by atoms with Gasteiger partial charge in [0.2, 0.25) is 0 Å². The van der Waals surface area contributed by atoms with Crippen molar-refractivity contribution in [3.63, 3.8) is 0 Å². The van der Waals surface area contributed by atoms with Gasteiger partial charge in [0.15, 0.2) is 0 Å². The molecule has 0 amide bonds. The van der Waals surface area contributed by atoms with E-state index in [1.54, 1.807) is 0 Å². The second-order valence-electron chi connectivity index (χ2n) is 3.73. The van der Waals surface area contributed by atoms with Crippen LogP contribution in [0.25, 0.3) is 0 Å². The van der Waals surface area contributed by atoms with Gasteiger partial charge in [-0.1, -0.05) is 12.1 Å². The maximum absolute atomic E-state index is 9.02. The van der Waals surface area contributed by atoms with Crippen LogP contribution in [-0.2, 0) is 13.2 Å². The first-order valence-electron chi connectivity index (χ1n) is 5.22. The summed E-state index contributed by atoms with van der Waals surface area (Å²) >= 11 is 0. The average molecular weight is 217 g/mol. The van der Waals surface area contributed by atoms with Crippen LogP contribution < -0.4 is 5.32 Å². The number of nitrogens with zero attached hydrogens (tertiary/aromatic N) is 1. The molecular weight excluding hydrogens is 202 g/mol. The molecule has 1 aromatic heterocycles. The second kappa shape index (κ2) is 4.81. The molecule has 0 atom stereocenters. The maximum Gasteiger partial charge on any atom is 0.0682 e. The van der Waals surface area contributed by atoms with Crippen LogP contribution >= 0.6 is 0 Å². The van der Waals surface area contributed by atoms with Crippen molar-refractivity contribution in [1.82, 2.24) is 10.2 Å². The van der Waals surface area contributed by atoms with E-state index < -0.39 is 0 Å². The SMILES string of the molecule is Cc1[nH]ncc1CNc1cccc(CO)c1. The summed E-state index contributed by atoms with van der Waals surface area (Å²) in [4.78, 5) is 0. The van der Waals surface area contributed by atoms with Crippen LogP contribution in [0, 0.1) is 6.92 Å². The Bertz CT molecular complexity index is 465. The van der Waals surface area contributed by atoms with Gasteiger partial charge in [-0.15, -0.1) is 0 Å². The lowest BCUT2D eigenvalue weighted by Gasteiger charge is -2.06. The Labute approximate surface area is 94.3 Å². The van der Waals surface area contributed by atoms with Crippen LogP contribution in [0.1, 0.15) is 16.8 Å². The lowest BCUT2D eigenvalue weighted by atomic mass is 10.2. The molecule has 0 unspecified atom stereocenters. The maximum atomic E-state index is 9.02. The number of nitrogens with one attached hydrogen (secondary N) is 2. The van der Waals surface area contributed by atoms with Gasteiger partial charge >= 0.3 is 0 Å². The number of anilines is 1. The van der Waals surface area contributed by atoms with Crippen molar-refractivity contribution in [2.75, 3.05) is 5.32 Å².